The maximum atomic E-state index is 12.8. The normalized spacial score (nSPS) is 19.5. The van der Waals surface area contributed by atoms with Crippen molar-refractivity contribution in [2.45, 2.75) is 38.5 Å². The Labute approximate surface area is 170 Å². The van der Waals surface area contributed by atoms with E-state index in [1.807, 2.05) is 30.3 Å². The van der Waals surface area contributed by atoms with Crippen molar-refractivity contribution < 1.29 is 28.6 Å². The topological polar surface area (TPSA) is 111 Å². The third kappa shape index (κ3) is 5.38. The van der Waals surface area contributed by atoms with E-state index in [9.17, 15) is 14.4 Å². The van der Waals surface area contributed by atoms with Gasteiger partial charge >= 0.3 is 18.2 Å². The average Bonchev–Trinajstić information content (AvgIpc) is 2.70. The fourth-order valence-electron chi connectivity index (χ4n) is 3.08. The van der Waals surface area contributed by atoms with Gasteiger partial charge in [0.05, 0.1) is 13.7 Å². The molecular weight excluding hydrogens is 378 g/mol. The lowest BCUT2D eigenvalue weighted by atomic mass is 9.94. The van der Waals surface area contributed by atoms with Gasteiger partial charge in [-0.2, -0.15) is 0 Å². The van der Waals surface area contributed by atoms with Gasteiger partial charge in [-0.15, -0.1) is 0 Å². The Balaban J connectivity index is 2.19. The average molecular weight is 407 g/mol. The number of amides is 2. The van der Waals surface area contributed by atoms with E-state index in [0.29, 0.717) is 0 Å². The van der Waals surface area contributed by atoms with Gasteiger partial charge in [-0.05, 0) is 26.3 Å². The first kappa shape index (κ1) is 22.5. The molecule has 2 rings (SSSR count). The molecule has 1 fully saturated rings. The van der Waals surface area contributed by atoms with Crippen molar-refractivity contribution in [1.29, 1.82) is 0 Å². The van der Waals surface area contributed by atoms with E-state index in [-0.39, 0.29) is 32.8 Å². The second-order valence-electron chi connectivity index (χ2n) is 7.82. The van der Waals surface area contributed by atoms with Crippen molar-refractivity contribution in [2.75, 3.05) is 33.3 Å². The summed E-state index contributed by atoms with van der Waals surface area (Å²) < 4.78 is 15.7. The third-order valence-electron chi connectivity index (χ3n) is 4.54. The number of ether oxygens (including phenoxy) is 3. The molecule has 9 heteroatoms. The molecule has 0 saturated carbocycles. The number of nitrogens with two attached hydrogens (primary N) is 1. The van der Waals surface area contributed by atoms with Crippen LogP contribution in [0.15, 0.2) is 30.3 Å². The van der Waals surface area contributed by atoms with Crippen molar-refractivity contribution in [1.82, 2.24) is 9.80 Å². The summed E-state index contributed by atoms with van der Waals surface area (Å²) in [6.07, 6.45) is -1.29. The van der Waals surface area contributed by atoms with E-state index in [1.165, 1.54) is 16.9 Å². The quantitative estimate of drug-likeness (QED) is 0.598. The minimum absolute atomic E-state index is 0.0494. The molecule has 1 atom stereocenters. The minimum Gasteiger partial charge on any atom is -0.467 e. The molecule has 1 heterocycles. The standard InChI is InChI=1S/C20H29N3O6/c1-19(2,3)29-17(25)22-10-11-23(20(13-21,14-22)16(24)27-4)18(26)28-12-15-8-6-5-7-9-15/h5-9H,10-14,21H2,1-4H3. The second kappa shape index (κ2) is 9.13. The number of hydrogen-bond acceptors (Lipinski definition) is 7. The molecule has 0 radical (unpaired) electrons. The number of rotatable bonds is 4. The summed E-state index contributed by atoms with van der Waals surface area (Å²) in [5, 5.41) is 0. The van der Waals surface area contributed by atoms with Crippen LogP contribution < -0.4 is 5.73 Å². The fraction of sp³-hybridized carbons (Fsp3) is 0.550. The summed E-state index contributed by atoms with van der Waals surface area (Å²) in [6, 6.07) is 9.18. The molecule has 160 valence electrons. The van der Waals surface area contributed by atoms with Crippen LogP contribution in [-0.4, -0.2) is 72.4 Å². The van der Waals surface area contributed by atoms with Crippen molar-refractivity contribution in [2.24, 2.45) is 5.73 Å². The summed E-state index contributed by atoms with van der Waals surface area (Å²) in [5.41, 5.74) is 4.47. The first-order chi connectivity index (χ1) is 13.6. The van der Waals surface area contributed by atoms with Crippen LogP contribution in [0.2, 0.25) is 0 Å². The van der Waals surface area contributed by atoms with Gasteiger partial charge in [-0.3, -0.25) is 4.90 Å². The van der Waals surface area contributed by atoms with Gasteiger partial charge in [0.15, 0.2) is 5.54 Å². The number of carbonyl (C=O) groups excluding carboxylic acids is 3. The Morgan fingerprint density at radius 1 is 1.10 bits per heavy atom. The number of benzene rings is 1. The molecule has 1 aliphatic rings. The Morgan fingerprint density at radius 2 is 1.76 bits per heavy atom. The van der Waals surface area contributed by atoms with Crippen LogP contribution in [0.25, 0.3) is 0 Å². The number of nitrogens with zero attached hydrogens (tertiary/aromatic N) is 2. The molecule has 1 aromatic carbocycles. The number of esters is 1. The van der Waals surface area contributed by atoms with Gasteiger partial charge in [0, 0.05) is 19.6 Å². The van der Waals surface area contributed by atoms with Gasteiger partial charge in [0.2, 0.25) is 0 Å². The van der Waals surface area contributed by atoms with Crippen LogP contribution in [-0.2, 0) is 25.6 Å². The van der Waals surface area contributed by atoms with Crippen LogP contribution in [0, 0.1) is 0 Å². The predicted octanol–water partition coefficient (Wildman–Crippen LogP) is 1.75. The van der Waals surface area contributed by atoms with Crippen molar-refractivity contribution in [3.8, 4) is 0 Å². The van der Waals surface area contributed by atoms with E-state index in [4.69, 9.17) is 19.9 Å². The second-order valence-corrected chi connectivity index (χ2v) is 7.82. The molecular formula is C20H29N3O6. The smallest absolute Gasteiger partial charge is 0.411 e. The third-order valence-corrected chi connectivity index (χ3v) is 4.54. The van der Waals surface area contributed by atoms with Crippen molar-refractivity contribution >= 4 is 18.2 Å². The molecule has 0 aromatic heterocycles. The number of carbonyl (C=O) groups is 3. The molecule has 0 bridgehead atoms. The number of piperazine rings is 1. The van der Waals surface area contributed by atoms with Gasteiger partial charge in [-0.25, -0.2) is 14.4 Å². The highest BCUT2D eigenvalue weighted by molar-refractivity contribution is 5.87. The highest BCUT2D eigenvalue weighted by atomic mass is 16.6. The largest absolute Gasteiger partial charge is 0.467 e. The van der Waals surface area contributed by atoms with Crippen molar-refractivity contribution in [3.63, 3.8) is 0 Å². The van der Waals surface area contributed by atoms with E-state index >= 15 is 0 Å². The Kier molecular flexibility index (Phi) is 7.07. The van der Waals surface area contributed by atoms with Crippen LogP contribution in [0.5, 0.6) is 0 Å². The van der Waals surface area contributed by atoms with Crippen LogP contribution >= 0.6 is 0 Å². The van der Waals surface area contributed by atoms with Gasteiger partial charge in [0.25, 0.3) is 0 Å². The zero-order chi connectivity index (χ0) is 21.7. The SMILES string of the molecule is COC(=O)C1(CN)CN(C(=O)OC(C)(C)C)CCN1C(=O)OCc1ccccc1. The highest BCUT2D eigenvalue weighted by Crippen LogP contribution is 2.25. The lowest BCUT2D eigenvalue weighted by molar-refractivity contribution is -0.157. The first-order valence-corrected chi connectivity index (χ1v) is 9.37. The van der Waals surface area contributed by atoms with Gasteiger partial charge in [0.1, 0.15) is 12.2 Å². The zero-order valence-electron chi connectivity index (χ0n) is 17.3. The lowest BCUT2D eigenvalue weighted by Crippen LogP contribution is -2.71. The Hall–Kier alpha value is -2.81. The molecule has 29 heavy (non-hydrogen) atoms. The Morgan fingerprint density at radius 3 is 2.31 bits per heavy atom. The number of hydrogen-bond donors (Lipinski definition) is 1. The predicted molar refractivity (Wildman–Crippen MR) is 105 cm³/mol. The Bertz CT molecular complexity index is 733. The van der Waals surface area contributed by atoms with Crippen LogP contribution in [0.1, 0.15) is 26.3 Å². The highest BCUT2D eigenvalue weighted by Gasteiger charge is 2.52. The maximum absolute atomic E-state index is 12.8. The number of methoxy groups -OCH3 is 1. The summed E-state index contributed by atoms with van der Waals surface area (Å²) in [5.74, 6) is -0.718. The molecule has 1 unspecified atom stereocenters. The maximum Gasteiger partial charge on any atom is 0.411 e. The van der Waals surface area contributed by atoms with Gasteiger partial charge in [-0.1, -0.05) is 30.3 Å². The van der Waals surface area contributed by atoms with Crippen molar-refractivity contribution in [3.05, 3.63) is 35.9 Å². The summed E-state index contributed by atoms with van der Waals surface area (Å²) in [4.78, 5) is 40.5. The molecule has 2 N–H and O–H groups in total. The van der Waals surface area contributed by atoms with Crippen LogP contribution in [0.3, 0.4) is 0 Å². The molecule has 0 spiro atoms. The summed E-state index contributed by atoms with van der Waals surface area (Å²) in [6.45, 7) is 5.14. The zero-order valence-corrected chi connectivity index (χ0v) is 17.3. The molecule has 2 amide bonds. The minimum atomic E-state index is -1.56. The lowest BCUT2D eigenvalue weighted by Gasteiger charge is -2.47. The molecule has 9 nitrogen and oxygen atoms in total. The summed E-state index contributed by atoms with van der Waals surface area (Å²) in [7, 11) is 1.21. The van der Waals surface area contributed by atoms with E-state index in [2.05, 4.69) is 0 Å². The van der Waals surface area contributed by atoms with E-state index < -0.39 is 29.3 Å². The summed E-state index contributed by atoms with van der Waals surface area (Å²) >= 11 is 0. The first-order valence-electron chi connectivity index (χ1n) is 9.37. The monoisotopic (exact) mass is 407 g/mol. The fourth-order valence-corrected chi connectivity index (χ4v) is 3.08. The van der Waals surface area contributed by atoms with E-state index in [0.717, 1.165) is 5.56 Å². The van der Waals surface area contributed by atoms with Gasteiger partial charge < -0.3 is 24.8 Å². The van der Waals surface area contributed by atoms with E-state index in [1.54, 1.807) is 20.8 Å². The molecule has 1 aliphatic heterocycles. The molecule has 1 saturated heterocycles. The van der Waals surface area contributed by atoms with Crippen LogP contribution in [0.4, 0.5) is 9.59 Å². The molecule has 1 aromatic rings. The molecule has 0 aliphatic carbocycles.